The van der Waals surface area contributed by atoms with Crippen molar-refractivity contribution < 1.29 is 25.2 Å². The van der Waals surface area contributed by atoms with Crippen molar-refractivity contribution in [2.24, 2.45) is 0 Å². The zero-order valence-electron chi connectivity index (χ0n) is 7.51. The zero-order chi connectivity index (χ0) is 11.4. The second kappa shape index (κ2) is 4.23. The van der Waals surface area contributed by atoms with Crippen LogP contribution in [0.15, 0.2) is 24.4 Å². The van der Waals surface area contributed by atoms with E-state index in [9.17, 15) is 0 Å². The smallest absolute Gasteiger partial charge is 0.503 e. The normalized spacial score (nSPS) is 9.33. The van der Waals surface area contributed by atoms with Gasteiger partial charge in [0.2, 0.25) is 0 Å². The summed E-state index contributed by atoms with van der Waals surface area (Å²) in [6.07, 6.45) is -0.0798. The van der Waals surface area contributed by atoms with Crippen molar-refractivity contribution in [3.05, 3.63) is 24.4 Å². The van der Waals surface area contributed by atoms with Crippen LogP contribution in [0.5, 0.6) is 11.5 Å². The van der Waals surface area contributed by atoms with Crippen molar-refractivity contribution in [2.45, 2.75) is 0 Å². The average molecular weight is 211 g/mol. The van der Waals surface area contributed by atoms with E-state index in [1.807, 2.05) is 6.07 Å². The number of aromatic hydroxyl groups is 2. The Morgan fingerprint density at radius 1 is 1.13 bits per heavy atom. The lowest BCUT2D eigenvalue weighted by Gasteiger charge is -1.95. The third kappa shape index (κ3) is 2.80. The van der Waals surface area contributed by atoms with Crippen LogP contribution in [0, 0.1) is 0 Å². The van der Waals surface area contributed by atoms with Crippen LogP contribution in [0.1, 0.15) is 0 Å². The van der Waals surface area contributed by atoms with Gasteiger partial charge in [-0.3, -0.25) is 0 Å². The van der Waals surface area contributed by atoms with Crippen LogP contribution in [0.2, 0.25) is 0 Å². The molecule has 0 spiro atoms. The molecule has 0 fully saturated rings. The van der Waals surface area contributed by atoms with E-state index in [0.717, 1.165) is 10.9 Å². The molecule has 0 atom stereocenters. The van der Waals surface area contributed by atoms with Crippen LogP contribution in [0.4, 0.5) is 4.79 Å². The molecule has 2 aromatic rings. The highest BCUT2D eigenvalue weighted by Gasteiger charge is 2.01. The molecule has 15 heavy (non-hydrogen) atoms. The summed E-state index contributed by atoms with van der Waals surface area (Å²) in [5.74, 6) is -0.183. The number of carbonyl (C=O) groups is 1. The summed E-state index contributed by atoms with van der Waals surface area (Å²) in [7, 11) is 0. The largest absolute Gasteiger partial charge is 0.504 e. The molecule has 0 bridgehead atoms. The number of H-pyrrole nitrogens is 1. The summed E-state index contributed by atoms with van der Waals surface area (Å²) in [6.45, 7) is 0. The van der Waals surface area contributed by atoms with Gasteiger partial charge in [-0.05, 0) is 12.1 Å². The van der Waals surface area contributed by atoms with Gasteiger partial charge < -0.3 is 25.4 Å². The van der Waals surface area contributed by atoms with Crippen LogP contribution in [-0.4, -0.2) is 31.6 Å². The lowest BCUT2D eigenvalue weighted by molar-refractivity contribution is 0.137. The molecule has 0 saturated heterocycles. The zero-order valence-corrected chi connectivity index (χ0v) is 7.51. The van der Waals surface area contributed by atoms with Crippen molar-refractivity contribution in [1.82, 2.24) is 4.98 Å². The Kier molecular flexibility index (Phi) is 3.02. The van der Waals surface area contributed by atoms with E-state index in [4.69, 9.17) is 25.2 Å². The first kappa shape index (κ1) is 10.7. The Balaban J connectivity index is 0.000000245. The molecule has 0 saturated carbocycles. The number of benzene rings is 1. The van der Waals surface area contributed by atoms with E-state index in [-0.39, 0.29) is 11.5 Å². The molecule has 0 aliphatic rings. The number of aromatic amines is 1. The van der Waals surface area contributed by atoms with Crippen LogP contribution in [0.3, 0.4) is 0 Å². The molecule has 1 aromatic heterocycles. The third-order valence-electron chi connectivity index (χ3n) is 1.65. The van der Waals surface area contributed by atoms with Crippen LogP contribution in [0.25, 0.3) is 10.9 Å². The number of fused-ring (bicyclic) bond motifs is 1. The van der Waals surface area contributed by atoms with Gasteiger partial charge in [-0.25, -0.2) is 4.79 Å². The number of hydrogen-bond acceptors (Lipinski definition) is 3. The quantitative estimate of drug-likeness (QED) is 0.426. The summed E-state index contributed by atoms with van der Waals surface area (Å²) < 4.78 is 0. The van der Waals surface area contributed by atoms with E-state index < -0.39 is 6.16 Å². The summed E-state index contributed by atoms with van der Waals surface area (Å²) in [6, 6.07) is 4.83. The molecular weight excluding hydrogens is 202 g/mol. The monoisotopic (exact) mass is 211 g/mol. The van der Waals surface area contributed by atoms with Gasteiger partial charge in [0.05, 0.1) is 0 Å². The van der Waals surface area contributed by atoms with Gasteiger partial charge in [0.1, 0.15) is 0 Å². The number of hydrogen-bond donors (Lipinski definition) is 5. The summed E-state index contributed by atoms with van der Waals surface area (Å²) in [5, 5.41) is 33.0. The number of phenols is 2. The Morgan fingerprint density at radius 3 is 2.27 bits per heavy atom. The summed E-state index contributed by atoms with van der Waals surface area (Å²) >= 11 is 0. The van der Waals surface area contributed by atoms with Crippen molar-refractivity contribution in [1.29, 1.82) is 0 Å². The van der Waals surface area contributed by atoms with Crippen molar-refractivity contribution in [3.8, 4) is 11.5 Å². The van der Waals surface area contributed by atoms with Gasteiger partial charge >= 0.3 is 6.16 Å². The standard InChI is InChI=1S/C8H7NO2.CH2O3/c10-7-3-5-1-2-9-6(5)4-8(7)11;2-1(3)4/h1-4,9-11H;(H2,2,3,4). The summed E-state index contributed by atoms with van der Waals surface area (Å²) in [5.41, 5.74) is 0.820. The van der Waals surface area contributed by atoms with Gasteiger partial charge in [0.25, 0.3) is 0 Å². The third-order valence-corrected chi connectivity index (χ3v) is 1.65. The highest BCUT2D eigenvalue weighted by molar-refractivity contribution is 5.82. The first-order valence-corrected chi connectivity index (χ1v) is 3.91. The Morgan fingerprint density at radius 2 is 1.67 bits per heavy atom. The maximum Gasteiger partial charge on any atom is 0.503 e. The first-order valence-electron chi connectivity index (χ1n) is 3.91. The molecular formula is C9H9NO5. The molecule has 1 heterocycles. The van der Waals surface area contributed by atoms with Crippen molar-refractivity contribution in [3.63, 3.8) is 0 Å². The summed E-state index contributed by atoms with van der Waals surface area (Å²) in [4.78, 5) is 11.5. The molecule has 0 radical (unpaired) electrons. The first-order chi connectivity index (χ1) is 7.00. The second-order valence-electron chi connectivity index (χ2n) is 2.69. The van der Waals surface area contributed by atoms with Crippen molar-refractivity contribution in [2.75, 3.05) is 0 Å². The van der Waals surface area contributed by atoms with Crippen LogP contribution in [-0.2, 0) is 0 Å². The highest BCUT2D eigenvalue weighted by Crippen LogP contribution is 2.28. The van der Waals surface area contributed by atoms with E-state index in [2.05, 4.69) is 4.98 Å². The van der Waals surface area contributed by atoms with Crippen LogP contribution >= 0.6 is 0 Å². The predicted octanol–water partition coefficient (Wildman–Crippen LogP) is 1.80. The highest BCUT2D eigenvalue weighted by atomic mass is 16.6. The van der Waals surface area contributed by atoms with E-state index in [1.165, 1.54) is 12.1 Å². The van der Waals surface area contributed by atoms with Gasteiger partial charge in [-0.15, -0.1) is 0 Å². The molecule has 80 valence electrons. The Bertz CT molecular complexity index is 436. The maximum atomic E-state index is 9.07. The molecule has 2 rings (SSSR count). The molecule has 6 nitrogen and oxygen atoms in total. The van der Waals surface area contributed by atoms with Crippen LogP contribution < -0.4 is 0 Å². The topological polar surface area (TPSA) is 114 Å². The van der Waals surface area contributed by atoms with E-state index in [1.54, 1.807) is 6.20 Å². The van der Waals surface area contributed by atoms with Gasteiger partial charge in [-0.2, -0.15) is 0 Å². The lowest BCUT2D eigenvalue weighted by Crippen LogP contribution is -1.81. The second-order valence-corrected chi connectivity index (χ2v) is 2.69. The Labute approximate surface area is 84.0 Å². The maximum absolute atomic E-state index is 9.07. The Hall–Kier alpha value is -2.37. The minimum absolute atomic E-state index is 0.0860. The molecule has 0 unspecified atom stereocenters. The molecule has 1 aromatic carbocycles. The molecule has 0 aliphatic heterocycles. The van der Waals surface area contributed by atoms with E-state index in [0.29, 0.717) is 0 Å². The fourth-order valence-electron chi connectivity index (χ4n) is 1.08. The van der Waals surface area contributed by atoms with E-state index >= 15 is 0 Å². The van der Waals surface area contributed by atoms with Crippen molar-refractivity contribution >= 4 is 17.1 Å². The fraction of sp³-hybridized carbons (Fsp3) is 0. The molecule has 6 heteroatoms. The number of rotatable bonds is 0. The van der Waals surface area contributed by atoms with Gasteiger partial charge in [-0.1, -0.05) is 0 Å². The van der Waals surface area contributed by atoms with Gasteiger partial charge in [0.15, 0.2) is 11.5 Å². The van der Waals surface area contributed by atoms with Gasteiger partial charge in [0, 0.05) is 23.2 Å². The minimum atomic E-state index is -1.83. The number of carboxylic acid groups (broad SMARTS) is 2. The fourth-order valence-corrected chi connectivity index (χ4v) is 1.08. The average Bonchev–Trinajstić information content (AvgIpc) is 2.51. The predicted molar refractivity (Wildman–Crippen MR) is 52.3 cm³/mol. The molecule has 0 aliphatic carbocycles. The minimum Gasteiger partial charge on any atom is -0.504 e. The molecule has 0 amide bonds. The number of nitrogens with one attached hydrogen (secondary N) is 1. The molecule has 5 N–H and O–H groups in total. The SMILES string of the molecule is O=C(O)O.Oc1cc2cc[nH]c2cc1O. The number of phenolic OH excluding ortho intramolecular Hbond substituents is 2. The lowest BCUT2D eigenvalue weighted by atomic mass is 10.2. The number of aromatic nitrogens is 1.